The molecule has 0 bridgehead atoms. The Morgan fingerprint density at radius 2 is 1.71 bits per heavy atom. The van der Waals surface area contributed by atoms with Crippen LogP contribution in [0.1, 0.15) is 44.1 Å². The average molecular weight is 469 g/mol. The number of carbonyl (C=O) groups excluding carboxylic acids is 3. The predicted molar refractivity (Wildman–Crippen MR) is 127 cm³/mol. The number of nitrogens with one attached hydrogen (secondary N) is 1. The maximum atomic E-state index is 13.9. The molecule has 0 saturated carbocycles. The second-order valence-electron chi connectivity index (χ2n) is 10.2. The van der Waals surface area contributed by atoms with Crippen molar-refractivity contribution in [2.24, 2.45) is 5.92 Å². The summed E-state index contributed by atoms with van der Waals surface area (Å²) in [6.07, 6.45) is 5.63. The summed E-state index contributed by atoms with van der Waals surface area (Å²) in [7, 11) is 0. The number of piperidine rings is 1. The molecule has 34 heavy (non-hydrogen) atoms. The highest BCUT2D eigenvalue weighted by atomic mass is 16.5. The summed E-state index contributed by atoms with van der Waals surface area (Å²) < 4.78 is 5.59. The Kier molecular flexibility index (Phi) is 6.88. The van der Waals surface area contributed by atoms with Crippen LogP contribution in [-0.4, -0.2) is 90.1 Å². The van der Waals surface area contributed by atoms with E-state index in [1.165, 1.54) is 17.7 Å². The topological polar surface area (TPSA) is 82.2 Å². The van der Waals surface area contributed by atoms with Crippen LogP contribution in [-0.2, 0) is 20.7 Å². The van der Waals surface area contributed by atoms with Crippen molar-refractivity contribution in [3.05, 3.63) is 35.9 Å². The first-order chi connectivity index (χ1) is 16.6. The third-order valence-electron chi connectivity index (χ3n) is 8.07. The van der Waals surface area contributed by atoms with Gasteiger partial charge in [0, 0.05) is 39.2 Å². The van der Waals surface area contributed by atoms with Crippen LogP contribution < -0.4 is 5.32 Å². The summed E-state index contributed by atoms with van der Waals surface area (Å²) in [6.45, 7) is 5.08. The number of amides is 4. The molecule has 8 nitrogen and oxygen atoms in total. The van der Waals surface area contributed by atoms with Crippen molar-refractivity contribution in [3.63, 3.8) is 0 Å². The molecule has 8 heteroatoms. The molecule has 4 amide bonds. The van der Waals surface area contributed by atoms with Gasteiger partial charge in [0.15, 0.2) is 0 Å². The Balaban J connectivity index is 1.31. The van der Waals surface area contributed by atoms with E-state index in [-0.39, 0.29) is 29.9 Å². The lowest BCUT2D eigenvalue weighted by Crippen LogP contribution is -2.58. The van der Waals surface area contributed by atoms with Crippen molar-refractivity contribution in [2.45, 2.75) is 56.6 Å². The van der Waals surface area contributed by atoms with Crippen molar-refractivity contribution in [1.82, 2.24) is 20.0 Å². The number of benzene rings is 1. The summed E-state index contributed by atoms with van der Waals surface area (Å²) in [5.74, 6) is -0.0546. The largest absolute Gasteiger partial charge is 0.368 e. The molecule has 1 N–H and O–H groups in total. The summed E-state index contributed by atoms with van der Waals surface area (Å²) >= 11 is 0. The number of rotatable bonds is 7. The molecule has 0 aromatic heterocycles. The van der Waals surface area contributed by atoms with E-state index in [1.54, 1.807) is 0 Å². The number of hydrogen-bond acceptors (Lipinski definition) is 5. The van der Waals surface area contributed by atoms with Gasteiger partial charge in [-0.1, -0.05) is 30.3 Å². The zero-order valence-electron chi connectivity index (χ0n) is 19.9. The first-order valence-corrected chi connectivity index (χ1v) is 12.9. The number of carbonyl (C=O) groups is 3. The minimum Gasteiger partial charge on any atom is -0.368 e. The molecule has 0 spiro atoms. The monoisotopic (exact) mass is 468 g/mol. The normalized spacial score (nSPS) is 28.6. The lowest BCUT2D eigenvalue weighted by atomic mass is 9.74. The molecule has 5 rings (SSSR count). The quantitative estimate of drug-likeness (QED) is 0.620. The van der Waals surface area contributed by atoms with Crippen molar-refractivity contribution < 1.29 is 19.1 Å². The number of likely N-dealkylation sites (tertiary alicyclic amines) is 2. The molecule has 4 aliphatic heterocycles. The minimum atomic E-state index is -0.956. The smallest absolute Gasteiger partial charge is 0.325 e. The fourth-order valence-electron chi connectivity index (χ4n) is 6.12. The van der Waals surface area contributed by atoms with E-state index < -0.39 is 5.54 Å². The van der Waals surface area contributed by atoms with Gasteiger partial charge < -0.3 is 19.9 Å². The van der Waals surface area contributed by atoms with E-state index in [9.17, 15) is 14.4 Å². The number of imide groups is 1. The molecular formula is C26H36N4O4. The first-order valence-electron chi connectivity index (χ1n) is 12.9. The molecule has 4 fully saturated rings. The van der Waals surface area contributed by atoms with Gasteiger partial charge in [0.2, 0.25) is 0 Å². The maximum absolute atomic E-state index is 13.9. The summed E-state index contributed by atoms with van der Waals surface area (Å²) in [5, 5.41) is 3.15. The van der Waals surface area contributed by atoms with Gasteiger partial charge >= 0.3 is 6.03 Å². The number of hydrogen-bond donors (Lipinski definition) is 1. The highest BCUT2D eigenvalue weighted by molar-refractivity contribution is 6.07. The first kappa shape index (κ1) is 23.3. The molecule has 4 aliphatic rings. The zero-order valence-corrected chi connectivity index (χ0v) is 19.9. The second kappa shape index (κ2) is 10.0. The molecule has 2 atom stereocenters. The van der Waals surface area contributed by atoms with Crippen molar-refractivity contribution >= 4 is 17.8 Å². The minimum absolute atomic E-state index is 0.0190. The van der Waals surface area contributed by atoms with Crippen molar-refractivity contribution in [3.8, 4) is 0 Å². The third-order valence-corrected chi connectivity index (χ3v) is 8.07. The van der Waals surface area contributed by atoms with Crippen LogP contribution in [0.25, 0.3) is 0 Å². The summed E-state index contributed by atoms with van der Waals surface area (Å²) in [5.41, 5.74) is 0.0815. The zero-order chi connectivity index (χ0) is 23.5. The predicted octanol–water partition coefficient (Wildman–Crippen LogP) is 2.03. The molecule has 4 heterocycles. The van der Waals surface area contributed by atoms with Crippen LogP contribution in [0.5, 0.6) is 0 Å². The van der Waals surface area contributed by atoms with Crippen molar-refractivity contribution in [1.29, 1.82) is 0 Å². The molecule has 1 aromatic carbocycles. The summed E-state index contributed by atoms with van der Waals surface area (Å²) in [4.78, 5) is 45.4. The Bertz CT molecular complexity index is 889. The van der Waals surface area contributed by atoms with Gasteiger partial charge in [-0.2, -0.15) is 0 Å². The van der Waals surface area contributed by atoms with Gasteiger partial charge in [-0.3, -0.25) is 14.5 Å². The Morgan fingerprint density at radius 1 is 0.971 bits per heavy atom. The third kappa shape index (κ3) is 4.58. The molecule has 0 unspecified atom stereocenters. The van der Waals surface area contributed by atoms with Gasteiger partial charge in [-0.15, -0.1) is 0 Å². The van der Waals surface area contributed by atoms with Gasteiger partial charge in [-0.05, 0) is 63.1 Å². The molecule has 0 radical (unpaired) electrons. The Hall–Kier alpha value is -2.45. The van der Waals surface area contributed by atoms with Crippen LogP contribution in [0.3, 0.4) is 0 Å². The SMILES string of the molecule is O=C([C@@H]1CCCO1)N1CCC([C@]2(Cc3ccccc3)NC(=O)N(CCN3CCCC3)C2=O)CC1. The molecule has 1 aromatic rings. The van der Waals surface area contributed by atoms with E-state index in [4.69, 9.17) is 4.74 Å². The van der Waals surface area contributed by atoms with Crippen LogP contribution in [0.2, 0.25) is 0 Å². The van der Waals surface area contributed by atoms with Crippen LogP contribution in [0.4, 0.5) is 4.79 Å². The van der Waals surface area contributed by atoms with Gasteiger partial charge in [0.25, 0.3) is 11.8 Å². The fourth-order valence-corrected chi connectivity index (χ4v) is 6.12. The number of ether oxygens (including phenoxy) is 1. The Labute approximate surface area is 201 Å². The summed E-state index contributed by atoms with van der Waals surface area (Å²) in [6, 6.07) is 9.66. The van der Waals surface area contributed by atoms with E-state index in [2.05, 4.69) is 10.2 Å². The van der Waals surface area contributed by atoms with Crippen molar-refractivity contribution in [2.75, 3.05) is 45.9 Å². The molecule has 4 saturated heterocycles. The number of nitrogens with zero attached hydrogens (tertiary/aromatic N) is 3. The van der Waals surface area contributed by atoms with Crippen LogP contribution in [0.15, 0.2) is 30.3 Å². The lowest BCUT2D eigenvalue weighted by Gasteiger charge is -2.41. The standard InChI is InChI=1S/C26H36N4O4/c31-23(22-9-6-18-34-22)29-14-10-21(11-15-29)26(19-20-7-2-1-3-8-20)24(32)30(25(33)27-26)17-16-28-12-4-5-13-28/h1-3,7-8,21-22H,4-6,9-19H2,(H,27,33)/t22-,26-/m0/s1. The van der Waals surface area contributed by atoms with Gasteiger partial charge in [-0.25, -0.2) is 4.79 Å². The van der Waals surface area contributed by atoms with E-state index >= 15 is 0 Å². The molecular weight excluding hydrogens is 432 g/mol. The second-order valence-corrected chi connectivity index (χ2v) is 10.2. The van der Waals surface area contributed by atoms with Crippen LogP contribution in [0, 0.1) is 5.92 Å². The van der Waals surface area contributed by atoms with Crippen LogP contribution >= 0.6 is 0 Å². The van der Waals surface area contributed by atoms with E-state index in [0.29, 0.717) is 45.5 Å². The highest BCUT2D eigenvalue weighted by Gasteiger charge is 2.56. The highest BCUT2D eigenvalue weighted by Crippen LogP contribution is 2.37. The van der Waals surface area contributed by atoms with Gasteiger partial charge in [0.1, 0.15) is 11.6 Å². The average Bonchev–Trinajstić information content (AvgIpc) is 3.62. The maximum Gasteiger partial charge on any atom is 0.325 e. The fraction of sp³-hybridized carbons (Fsp3) is 0.654. The van der Waals surface area contributed by atoms with Gasteiger partial charge in [0.05, 0.1) is 0 Å². The molecule has 184 valence electrons. The van der Waals surface area contributed by atoms with E-state index in [0.717, 1.165) is 38.0 Å². The molecule has 0 aliphatic carbocycles. The Morgan fingerprint density at radius 3 is 2.38 bits per heavy atom. The number of urea groups is 1. The van der Waals surface area contributed by atoms with E-state index in [1.807, 2.05) is 35.2 Å². The lowest BCUT2D eigenvalue weighted by molar-refractivity contribution is -0.143.